The zero-order valence-corrected chi connectivity index (χ0v) is 22.0. The van der Waals surface area contributed by atoms with Gasteiger partial charge >= 0.3 is 0 Å². The molecule has 0 aliphatic heterocycles. The molecule has 0 spiro atoms. The van der Waals surface area contributed by atoms with Gasteiger partial charge < -0.3 is 4.42 Å². The van der Waals surface area contributed by atoms with Gasteiger partial charge in [0.25, 0.3) is 0 Å². The van der Waals surface area contributed by atoms with Crippen LogP contribution in [-0.2, 0) is 11.1 Å². The largest absolute Gasteiger partial charge is 0.456 e. The molecule has 0 saturated carbocycles. The standard InChI is InChI=1S/C37H23FN2O/c38-37-22-36(27-13-5-7-15-29(27)37,28-14-6-8-16-30(28)37)35-39-31(23-10-2-1-3-11-23)21-32(40-35)24-18-19-26-25-12-4-9-17-33(25)41-34(26)20-24/h1-21H,22H2. The van der Waals surface area contributed by atoms with E-state index < -0.39 is 11.1 Å². The summed E-state index contributed by atoms with van der Waals surface area (Å²) < 4.78 is 23.3. The summed E-state index contributed by atoms with van der Waals surface area (Å²) in [5.41, 5.74) is 6.15. The van der Waals surface area contributed by atoms with Crippen molar-refractivity contribution in [3.63, 3.8) is 0 Å². The lowest BCUT2D eigenvalue weighted by atomic mass is 9.74. The normalized spacial score (nSPS) is 20.4. The van der Waals surface area contributed by atoms with E-state index in [1.54, 1.807) is 0 Å². The van der Waals surface area contributed by atoms with Crippen LogP contribution in [0.15, 0.2) is 132 Å². The van der Waals surface area contributed by atoms with Gasteiger partial charge in [-0.25, -0.2) is 14.4 Å². The third-order valence-electron chi connectivity index (χ3n) is 8.99. The van der Waals surface area contributed by atoms with Crippen molar-refractivity contribution in [2.45, 2.75) is 17.5 Å². The summed E-state index contributed by atoms with van der Waals surface area (Å²) in [4.78, 5) is 10.5. The van der Waals surface area contributed by atoms with Gasteiger partial charge in [0, 0.05) is 28.3 Å². The highest BCUT2D eigenvalue weighted by Crippen LogP contribution is 2.66. The summed E-state index contributed by atoms with van der Waals surface area (Å²) in [6.07, 6.45) is 0.263. The Morgan fingerprint density at radius 3 is 1.85 bits per heavy atom. The highest BCUT2D eigenvalue weighted by Gasteiger charge is 2.64. The molecule has 0 fully saturated rings. The number of para-hydroxylation sites is 1. The molecular formula is C37H23FN2O. The molecule has 0 saturated heterocycles. The quantitative estimate of drug-likeness (QED) is 0.229. The molecule has 3 nitrogen and oxygen atoms in total. The molecule has 7 aromatic rings. The Kier molecular flexibility index (Phi) is 4.42. The van der Waals surface area contributed by atoms with Gasteiger partial charge in [0.1, 0.15) is 17.0 Å². The SMILES string of the molecule is FC12CC(c3nc(-c4ccccc4)cc(-c4ccc5c(c4)oc4ccccc45)n3)(c3ccccc31)c1ccccc12. The van der Waals surface area contributed by atoms with Crippen LogP contribution in [0.25, 0.3) is 44.5 Å². The van der Waals surface area contributed by atoms with E-state index in [9.17, 15) is 0 Å². The van der Waals surface area contributed by atoms with Crippen molar-refractivity contribution < 1.29 is 8.81 Å². The minimum absolute atomic E-state index is 0.263. The molecular weight excluding hydrogens is 507 g/mol. The fourth-order valence-corrected chi connectivity index (χ4v) is 7.19. The molecule has 5 aromatic carbocycles. The van der Waals surface area contributed by atoms with Gasteiger partial charge in [-0.15, -0.1) is 0 Å². The zero-order chi connectivity index (χ0) is 27.2. The number of aromatic nitrogens is 2. The average molecular weight is 531 g/mol. The lowest BCUT2D eigenvalue weighted by Gasteiger charge is -2.30. The molecule has 0 amide bonds. The Balaban J connectivity index is 1.33. The number of hydrogen-bond acceptors (Lipinski definition) is 3. The van der Waals surface area contributed by atoms with Crippen LogP contribution >= 0.6 is 0 Å². The Morgan fingerprint density at radius 1 is 0.537 bits per heavy atom. The second-order valence-corrected chi connectivity index (χ2v) is 11.1. The smallest absolute Gasteiger partial charge is 0.163 e. The summed E-state index contributed by atoms with van der Waals surface area (Å²) in [5, 5.41) is 2.16. The molecule has 4 heteroatoms. The maximum absolute atomic E-state index is 17.1. The monoisotopic (exact) mass is 530 g/mol. The number of nitrogens with zero attached hydrogens (tertiary/aromatic N) is 2. The molecule has 9 rings (SSSR count). The van der Waals surface area contributed by atoms with Crippen molar-refractivity contribution in [3.05, 3.63) is 155 Å². The fraction of sp³-hybridized carbons (Fsp3) is 0.0811. The number of alkyl halides is 1. The molecule has 0 unspecified atom stereocenters. The van der Waals surface area contributed by atoms with Crippen molar-refractivity contribution >= 4 is 21.9 Å². The number of rotatable bonds is 3. The van der Waals surface area contributed by atoms with Crippen LogP contribution in [0, 0.1) is 0 Å². The minimum atomic E-state index is -1.58. The highest BCUT2D eigenvalue weighted by molar-refractivity contribution is 6.05. The molecule has 2 aromatic heterocycles. The van der Waals surface area contributed by atoms with Gasteiger partial charge in [0.2, 0.25) is 0 Å². The number of fused-ring (bicyclic) bond motifs is 11. The van der Waals surface area contributed by atoms with E-state index in [0.717, 1.165) is 66.7 Å². The first kappa shape index (κ1) is 22.7. The molecule has 2 aliphatic rings. The van der Waals surface area contributed by atoms with Crippen LogP contribution < -0.4 is 0 Å². The van der Waals surface area contributed by atoms with E-state index in [2.05, 4.69) is 36.4 Å². The van der Waals surface area contributed by atoms with E-state index in [-0.39, 0.29) is 6.42 Å². The number of furan rings is 1. The van der Waals surface area contributed by atoms with E-state index in [4.69, 9.17) is 14.4 Å². The summed E-state index contributed by atoms with van der Waals surface area (Å²) in [5.74, 6) is 0.621. The molecule has 194 valence electrons. The fourth-order valence-electron chi connectivity index (χ4n) is 7.19. The van der Waals surface area contributed by atoms with E-state index >= 15 is 4.39 Å². The van der Waals surface area contributed by atoms with Crippen LogP contribution in [0.3, 0.4) is 0 Å². The molecule has 0 radical (unpaired) electrons. The molecule has 41 heavy (non-hydrogen) atoms. The summed E-state index contributed by atoms with van der Waals surface area (Å²) in [6.45, 7) is 0. The number of hydrogen-bond donors (Lipinski definition) is 0. The van der Waals surface area contributed by atoms with E-state index in [0.29, 0.717) is 5.82 Å². The third kappa shape index (κ3) is 2.97. The van der Waals surface area contributed by atoms with Crippen molar-refractivity contribution in [3.8, 4) is 22.5 Å². The lowest BCUT2D eigenvalue weighted by molar-refractivity contribution is 0.225. The number of halogens is 1. The van der Waals surface area contributed by atoms with Crippen LogP contribution in [0.2, 0.25) is 0 Å². The van der Waals surface area contributed by atoms with Crippen molar-refractivity contribution in [1.82, 2.24) is 9.97 Å². The minimum Gasteiger partial charge on any atom is -0.456 e. The van der Waals surface area contributed by atoms with Gasteiger partial charge in [-0.05, 0) is 46.5 Å². The average Bonchev–Trinajstić information content (AvgIpc) is 3.64. The Bertz CT molecular complexity index is 2120. The maximum atomic E-state index is 17.1. The summed E-state index contributed by atoms with van der Waals surface area (Å²) >= 11 is 0. The highest BCUT2D eigenvalue weighted by atomic mass is 19.1. The first-order chi connectivity index (χ1) is 20.1. The van der Waals surface area contributed by atoms with Gasteiger partial charge in [0.05, 0.1) is 16.8 Å². The van der Waals surface area contributed by atoms with Crippen LogP contribution in [0.4, 0.5) is 4.39 Å². The van der Waals surface area contributed by atoms with Crippen LogP contribution in [0.5, 0.6) is 0 Å². The molecule has 2 aliphatic carbocycles. The predicted octanol–water partition coefficient (Wildman–Crippen LogP) is 8.97. The van der Waals surface area contributed by atoms with Gasteiger partial charge in [-0.1, -0.05) is 103 Å². The molecule has 2 heterocycles. The van der Waals surface area contributed by atoms with Gasteiger partial charge in [0.15, 0.2) is 5.67 Å². The summed E-state index contributed by atoms with van der Waals surface area (Å²) in [7, 11) is 0. The van der Waals surface area contributed by atoms with Crippen molar-refractivity contribution in [2.75, 3.05) is 0 Å². The summed E-state index contributed by atoms with van der Waals surface area (Å²) in [6, 6.07) is 42.2. The second-order valence-electron chi connectivity index (χ2n) is 11.1. The Morgan fingerprint density at radius 2 is 1.12 bits per heavy atom. The Labute approximate surface area is 236 Å². The molecule has 2 bridgehead atoms. The first-order valence-electron chi connectivity index (χ1n) is 13.9. The van der Waals surface area contributed by atoms with E-state index in [1.807, 2.05) is 91.0 Å². The maximum Gasteiger partial charge on any atom is 0.163 e. The van der Waals surface area contributed by atoms with Crippen LogP contribution in [-0.4, -0.2) is 9.97 Å². The number of benzene rings is 5. The predicted molar refractivity (Wildman–Crippen MR) is 159 cm³/mol. The third-order valence-corrected chi connectivity index (χ3v) is 8.99. The Hall–Kier alpha value is -5.09. The molecule has 0 N–H and O–H groups in total. The zero-order valence-electron chi connectivity index (χ0n) is 22.0. The van der Waals surface area contributed by atoms with Gasteiger partial charge in [-0.3, -0.25) is 0 Å². The lowest BCUT2D eigenvalue weighted by Crippen LogP contribution is -2.28. The molecule has 0 atom stereocenters. The van der Waals surface area contributed by atoms with Gasteiger partial charge in [-0.2, -0.15) is 0 Å². The van der Waals surface area contributed by atoms with Crippen LogP contribution in [0.1, 0.15) is 34.5 Å². The van der Waals surface area contributed by atoms with E-state index in [1.165, 1.54) is 0 Å². The van der Waals surface area contributed by atoms with Crippen molar-refractivity contribution in [1.29, 1.82) is 0 Å². The second kappa shape index (κ2) is 7.98. The van der Waals surface area contributed by atoms with Crippen molar-refractivity contribution in [2.24, 2.45) is 0 Å². The topological polar surface area (TPSA) is 38.9 Å². The first-order valence-corrected chi connectivity index (χ1v) is 13.9.